The Morgan fingerprint density at radius 1 is 1.26 bits per heavy atom. The van der Waals surface area contributed by atoms with Crippen LogP contribution in [-0.2, 0) is 14.4 Å². The lowest BCUT2D eigenvalue weighted by Crippen LogP contribution is -2.53. The fraction of sp³-hybridized carbons (Fsp3) is 0.462. The molecule has 0 radical (unpaired) electrons. The van der Waals surface area contributed by atoms with Crippen LogP contribution in [0.25, 0.3) is 0 Å². The Morgan fingerprint density at radius 3 is 2.79 bits per heavy atom. The van der Waals surface area contributed by atoms with E-state index in [0.29, 0.717) is 19.4 Å². The molecule has 2 heterocycles. The molecule has 2 saturated heterocycles. The molecule has 100 valence electrons. The van der Waals surface area contributed by atoms with Gasteiger partial charge in [-0.25, -0.2) is 0 Å². The molecule has 2 atom stereocenters. The van der Waals surface area contributed by atoms with Crippen LogP contribution >= 0.6 is 0 Å². The number of piperidine rings is 1. The van der Waals surface area contributed by atoms with Crippen LogP contribution in [0.15, 0.2) is 23.4 Å². The fourth-order valence-corrected chi connectivity index (χ4v) is 2.94. The molecule has 2 unspecified atom stereocenters. The van der Waals surface area contributed by atoms with Gasteiger partial charge in [0.05, 0.1) is 0 Å². The lowest BCUT2D eigenvalue weighted by atomic mass is 9.93. The summed E-state index contributed by atoms with van der Waals surface area (Å²) >= 11 is 0. The lowest BCUT2D eigenvalue weighted by molar-refractivity contribution is -0.142. The molecule has 3 aliphatic rings. The van der Waals surface area contributed by atoms with Gasteiger partial charge in [-0.2, -0.15) is 0 Å². The highest BCUT2D eigenvalue weighted by atomic mass is 16.2. The van der Waals surface area contributed by atoms with Crippen molar-refractivity contribution in [3.8, 4) is 0 Å². The zero-order valence-electron chi connectivity index (χ0n) is 10.4. The van der Waals surface area contributed by atoms with Gasteiger partial charge < -0.3 is 10.6 Å². The molecule has 6 nitrogen and oxygen atoms in total. The summed E-state index contributed by atoms with van der Waals surface area (Å²) in [5, 5.41) is 2.29. The summed E-state index contributed by atoms with van der Waals surface area (Å²) in [5.41, 5.74) is 7.25. The molecule has 2 fully saturated rings. The summed E-state index contributed by atoms with van der Waals surface area (Å²) in [4.78, 5) is 36.8. The second-order valence-corrected chi connectivity index (χ2v) is 5.19. The van der Waals surface area contributed by atoms with Crippen molar-refractivity contribution in [2.24, 2.45) is 11.7 Å². The van der Waals surface area contributed by atoms with E-state index in [9.17, 15) is 14.4 Å². The van der Waals surface area contributed by atoms with E-state index in [-0.39, 0.29) is 30.1 Å². The van der Waals surface area contributed by atoms with E-state index in [1.165, 1.54) is 0 Å². The largest absolute Gasteiger partial charge is 0.402 e. The predicted octanol–water partition coefficient (Wildman–Crippen LogP) is -0.577. The van der Waals surface area contributed by atoms with E-state index in [4.69, 9.17) is 5.73 Å². The summed E-state index contributed by atoms with van der Waals surface area (Å²) in [6.45, 7) is 0.505. The number of rotatable bonds is 1. The van der Waals surface area contributed by atoms with Gasteiger partial charge in [0.15, 0.2) is 0 Å². The van der Waals surface area contributed by atoms with Crippen LogP contribution in [0.5, 0.6) is 0 Å². The quantitative estimate of drug-likeness (QED) is 0.618. The fourth-order valence-electron chi connectivity index (χ4n) is 2.94. The summed E-state index contributed by atoms with van der Waals surface area (Å²) in [6, 6.07) is -0.530. The molecule has 0 bridgehead atoms. The van der Waals surface area contributed by atoms with Gasteiger partial charge in [-0.1, -0.05) is 6.08 Å². The molecule has 0 aromatic heterocycles. The Morgan fingerprint density at radius 2 is 2.05 bits per heavy atom. The number of carbonyl (C=O) groups is 3. The van der Waals surface area contributed by atoms with Gasteiger partial charge in [-0.3, -0.25) is 19.7 Å². The number of hydrogen-bond donors (Lipinski definition) is 2. The molecule has 0 spiro atoms. The number of fused-ring (bicyclic) bond motifs is 1. The van der Waals surface area contributed by atoms with E-state index in [0.717, 1.165) is 11.3 Å². The number of hydrogen-bond acceptors (Lipinski definition) is 4. The number of nitrogens with one attached hydrogen (secondary N) is 1. The predicted molar refractivity (Wildman–Crippen MR) is 66.3 cm³/mol. The third kappa shape index (κ3) is 1.93. The third-order valence-electron chi connectivity index (χ3n) is 3.91. The molecule has 0 aromatic carbocycles. The number of carbonyl (C=O) groups excluding carboxylic acids is 3. The van der Waals surface area contributed by atoms with Crippen LogP contribution in [0.4, 0.5) is 0 Å². The normalized spacial score (nSPS) is 30.7. The number of likely N-dealkylation sites (tertiary alicyclic amines) is 1. The first-order valence-corrected chi connectivity index (χ1v) is 6.37. The Balaban J connectivity index is 1.80. The van der Waals surface area contributed by atoms with Gasteiger partial charge in [0.1, 0.15) is 6.04 Å². The van der Waals surface area contributed by atoms with Crippen molar-refractivity contribution in [3.05, 3.63) is 23.4 Å². The summed E-state index contributed by atoms with van der Waals surface area (Å²) < 4.78 is 0. The van der Waals surface area contributed by atoms with Crippen LogP contribution in [0.3, 0.4) is 0 Å². The minimum atomic E-state index is -0.530. The smallest absolute Gasteiger partial charge is 0.250 e. The monoisotopic (exact) mass is 261 g/mol. The van der Waals surface area contributed by atoms with Crippen molar-refractivity contribution in [3.63, 3.8) is 0 Å². The van der Waals surface area contributed by atoms with Crippen molar-refractivity contribution < 1.29 is 14.4 Å². The lowest BCUT2D eigenvalue weighted by Gasteiger charge is -2.29. The van der Waals surface area contributed by atoms with Crippen molar-refractivity contribution in [1.82, 2.24) is 10.2 Å². The highest BCUT2D eigenvalue weighted by Gasteiger charge is 2.43. The molecule has 0 saturated carbocycles. The van der Waals surface area contributed by atoms with Crippen LogP contribution in [0.1, 0.15) is 19.3 Å². The Labute approximate surface area is 110 Å². The van der Waals surface area contributed by atoms with Gasteiger partial charge >= 0.3 is 0 Å². The molecular weight excluding hydrogens is 246 g/mol. The van der Waals surface area contributed by atoms with Crippen molar-refractivity contribution in [2.75, 3.05) is 6.54 Å². The van der Waals surface area contributed by atoms with Gasteiger partial charge in [0.25, 0.3) is 5.91 Å². The van der Waals surface area contributed by atoms with E-state index in [1.54, 1.807) is 17.1 Å². The zero-order chi connectivity index (χ0) is 13.6. The SMILES string of the molecule is NC1=CC=C2C(=O)N(C3CCC(=O)NC3=O)CC2C1. The molecule has 6 heteroatoms. The second-order valence-electron chi connectivity index (χ2n) is 5.19. The van der Waals surface area contributed by atoms with Crippen LogP contribution in [0.2, 0.25) is 0 Å². The molecule has 2 aliphatic heterocycles. The first-order valence-electron chi connectivity index (χ1n) is 6.37. The van der Waals surface area contributed by atoms with Crippen molar-refractivity contribution in [1.29, 1.82) is 0 Å². The molecule has 3 N–H and O–H groups in total. The number of amides is 3. The maximum Gasteiger partial charge on any atom is 0.250 e. The average molecular weight is 261 g/mol. The minimum absolute atomic E-state index is 0.0722. The maximum atomic E-state index is 12.3. The molecule has 19 heavy (non-hydrogen) atoms. The molecule has 3 amide bonds. The highest BCUT2D eigenvalue weighted by molar-refractivity contribution is 6.04. The molecule has 3 rings (SSSR count). The van der Waals surface area contributed by atoms with Gasteiger partial charge in [0, 0.05) is 30.2 Å². The first-order chi connectivity index (χ1) is 9.06. The Bertz CT molecular complexity index is 535. The van der Waals surface area contributed by atoms with E-state index >= 15 is 0 Å². The average Bonchev–Trinajstić information content (AvgIpc) is 2.66. The van der Waals surface area contributed by atoms with E-state index in [2.05, 4.69) is 5.32 Å². The van der Waals surface area contributed by atoms with Gasteiger partial charge in [0.2, 0.25) is 11.8 Å². The van der Waals surface area contributed by atoms with Crippen LogP contribution in [0, 0.1) is 5.92 Å². The minimum Gasteiger partial charge on any atom is -0.402 e. The van der Waals surface area contributed by atoms with Crippen molar-refractivity contribution >= 4 is 17.7 Å². The summed E-state index contributed by atoms with van der Waals surface area (Å²) in [6.07, 6.45) is 4.83. The number of allylic oxidation sites excluding steroid dienone is 3. The first kappa shape index (κ1) is 12.0. The topological polar surface area (TPSA) is 92.5 Å². The maximum absolute atomic E-state index is 12.3. The third-order valence-corrected chi connectivity index (χ3v) is 3.91. The second kappa shape index (κ2) is 4.22. The van der Waals surface area contributed by atoms with Crippen LogP contribution < -0.4 is 11.1 Å². The summed E-state index contributed by atoms with van der Waals surface area (Å²) in [5.74, 6) is -0.675. The number of imide groups is 1. The summed E-state index contributed by atoms with van der Waals surface area (Å²) in [7, 11) is 0. The van der Waals surface area contributed by atoms with Crippen molar-refractivity contribution in [2.45, 2.75) is 25.3 Å². The molecule has 1 aliphatic carbocycles. The Kier molecular flexibility index (Phi) is 2.66. The number of nitrogens with two attached hydrogens (primary N) is 1. The molecular formula is C13H15N3O3. The Hall–Kier alpha value is -2.11. The van der Waals surface area contributed by atoms with Crippen LogP contribution in [-0.4, -0.2) is 35.2 Å². The van der Waals surface area contributed by atoms with E-state index in [1.807, 2.05) is 0 Å². The van der Waals surface area contributed by atoms with Gasteiger partial charge in [-0.05, 0) is 18.9 Å². The molecule has 0 aromatic rings. The highest BCUT2D eigenvalue weighted by Crippen LogP contribution is 2.33. The van der Waals surface area contributed by atoms with Gasteiger partial charge in [-0.15, -0.1) is 0 Å². The number of nitrogens with zero attached hydrogens (tertiary/aromatic N) is 1. The van der Waals surface area contributed by atoms with E-state index < -0.39 is 6.04 Å². The zero-order valence-corrected chi connectivity index (χ0v) is 10.4. The standard InChI is InChI=1S/C13H15N3O3/c14-8-1-2-9-7(5-8)6-16(13(9)19)10-3-4-11(17)15-12(10)18/h1-2,7,10H,3-6,14H2,(H,15,17,18).